The SMILES string of the molecule is COCCNc1ccc(C(=O)NCc2ccc(Cl)cc2)nn1. The fourth-order valence-electron chi connectivity index (χ4n) is 1.70. The summed E-state index contributed by atoms with van der Waals surface area (Å²) in [6.07, 6.45) is 0. The van der Waals surface area contributed by atoms with Gasteiger partial charge >= 0.3 is 0 Å². The lowest BCUT2D eigenvalue weighted by Crippen LogP contribution is -2.24. The summed E-state index contributed by atoms with van der Waals surface area (Å²) in [6, 6.07) is 10.6. The van der Waals surface area contributed by atoms with Gasteiger partial charge in [0.1, 0.15) is 5.82 Å². The number of aromatic nitrogens is 2. The van der Waals surface area contributed by atoms with Crippen molar-refractivity contribution >= 4 is 23.3 Å². The molecule has 0 bridgehead atoms. The molecule has 1 amide bonds. The lowest BCUT2D eigenvalue weighted by molar-refractivity contribution is 0.0945. The summed E-state index contributed by atoms with van der Waals surface area (Å²) >= 11 is 5.81. The average Bonchev–Trinajstić information content (AvgIpc) is 2.55. The Morgan fingerprint density at radius 1 is 1.18 bits per heavy atom. The predicted octanol–water partition coefficient (Wildman–Crippen LogP) is 2.12. The van der Waals surface area contributed by atoms with E-state index in [0.29, 0.717) is 30.5 Å². The summed E-state index contributed by atoms with van der Waals surface area (Å²) in [6.45, 7) is 1.61. The molecule has 1 heterocycles. The van der Waals surface area contributed by atoms with E-state index in [4.69, 9.17) is 16.3 Å². The van der Waals surface area contributed by atoms with E-state index >= 15 is 0 Å². The highest BCUT2D eigenvalue weighted by atomic mass is 35.5. The number of amides is 1. The Balaban J connectivity index is 1.85. The molecule has 22 heavy (non-hydrogen) atoms. The molecule has 2 N–H and O–H groups in total. The van der Waals surface area contributed by atoms with Crippen molar-refractivity contribution in [3.8, 4) is 0 Å². The number of hydrogen-bond donors (Lipinski definition) is 2. The molecule has 6 nitrogen and oxygen atoms in total. The number of carbonyl (C=O) groups is 1. The first kappa shape index (κ1) is 16.2. The number of halogens is 1. The minimum Gasteiger partial charge on any atom is -0.383 e. The van der Waals surface area contributed by atoms with E-state index in [2.05, 4.69) is 20.8 Å². The highest BCUT2D eigenvalue weighted by Crippen LogP contribution is 2.09. The van der Waals surface area contributed by atoms with Gasteiger partial charge in [0, 0.05) is 25.2 Å². The monoisotopic (exact) mass is 320 g/mol. The van der Waals surface area contributed by atoms with Crippen molar-refractivity contribution in [1.29, 1.82) is 0 Å². The highest BCUT2D eigenvalue weighted by molar-refractivity contribution is 6.30. The molecule has 2 rings (SSSR count). The van der Waals surface area contributed by atoms with Crippen LogP contribution in [0.1, 0.15) is 16.1 Å². The Kier molecular flexibility index (Phi) is 6.12. The minimum atomic E-state index is -0.272. The Morgan fingerprint density at radius 3 is 2.59 bits per heavy atom. The number of nitrogens with one attached hydrogen (secondary N) is 2. The van der Waals surface area contributed by atoms with Crippen molar-refractivity contribution in [3.63, 3.8) is 0 Å². The van der Waals surface area contributed by atoms with E-state index in [-0.39, 0.29) is 11.6 Å². The Morgan fingerprint density at radius 2 is 1.95 bits per heavy atom. The van der Waals surface area contributed by atoms with E-state index in [1.807, 2.05) is 12.1 Å². The second-order valence-corrected chi connectivity index (χ2v) is 4.97. The maximum Gasteiger partial charge on any atom is 0.272 e. The number of ether oxygens (including phenoxy) is 1. The lowest BCUT2D eigenvalue weighted by atomic mass is 10.2. The lowest BCUT2D eigenvalue weighted by Gasteiger charge is -2.06. The fourth-order valence-corrected chi connectivity index (χ4v) is 1.83. The first-order valence-electron chi connectivity index (χ1n) is 6.78. The molecule has 2 aromatic rings. The molecule has 0 aliphatic carbocycles. The second kappa shape index (κ2) is 8.31. The molecule has 0 spiro atoms. The molecule has 116 valence electrons. The van der Waals surface area contributed by atoms with Gasteiger partial charge in [0.25, 0.3) is 5.91 Å². The third-order valence-electron chi connectivity index (χ3n) is 2.88. The van der Waals surface area contributed by atoms with E-state index < -0.39 is 0 Å². The molecule has 0 aliphatic heterocycles. The molecule has 0 radical (unpaired) electrons. The van der Waals surface area contributed by atoms with Crippen molar-refractivity contribution < 1.29 is 9.53 Å². The number of anilines is 1. The molecule has 0 saturated heterocycles. The van der Waals surface area contributed by atoms with Crippen LogP contribution in [0, 0.1) is 0 Å². The zero-order valence-corrected chi connectivity index (χ0v) is 12.9. The van der Waals surface area contributed by atoms with Crippen LogP contribution in [-0.4, -0.2) is 36.4 Å². The largest absolute Gasteiger partial charge is 0.383 e. The molecule has 1 aromatic heterocycles. The van der Waals surface area contributed by atoms with Crippen molar-refractivity contribution in [2.75, 3.05) is 25.6 Å². The van der Waals surface area contributed by atoms with Gasteiger partial charge in [-0.05, 0) is 29.8 Å². The highest BCUT2D eigenvalue weighted by Gasteiger charge is 2.07. The maximum absolute atomic E-state index is 12.0. The Bertz CT molecular complexity index is 602. The predicted molar refractivity (Wildman–Crippen MR) is 85.0 cm³/mol. The number of methoxy groups -OCH3 is 1. The third-order valence-corrected chi connectivity index (χ3v) is 3.13. The maximum atomic E-state index is 12.0. The summed E-state index contributed by atoms with van der Waals surface area (Å²) in [5.41, 5.74) is 1.23. The van der Waals surface area contributed by atoms with Crippen LogP contribution in [0.3, 0.4) is 0 Å². The summed E-state index contributed by atoms with van der Waals surface area (Å²) in [4.78, 5) is 12.0. The number of carbonyl (C=O) groups excluding carboxylic acids is 1. The van der Waals surface area contributed by atoms with Crippen molar-refractivity contribution in [2.45, 2.75) is 6.54 Å². The van der Waals surface area contributed by atoms with Crippen LogP contribution < -0.4 is 10.6 Å². The Labute approximate surface area is 133 Å². The van der Waals surface area contributed by atoms with Crippen molar-refractivity contribution in [1.82, 2.24) is 15.5 Å². The minimum absolute atomic E-state index is 0.270. The van der Waals surface area contributed by atoms with E-state index in [9.17, 15) is 4.79 Å². The van der Waals surface area contributed by atoms with E-state index in [0.717, 1.165) is 5.56 Å². The van der Waals surface area contributed by atoms with Crippen LogP contribution in [0.15, 0.2) is 36.4 Å². The molecular weight excluding hydrogens is 304 g/mol. The van der Waals surface area contributed by atoms with E-state index in [1.165, 1.54) is 0 Å². The zero-order valence-electron chi connectivity index (χ0n) is 12.2. The average molecular weight is 321 g/mol. The van der Waals surface area contributed by atoms with Crippen LogP contribution in [0.25, 0.3) is 0 Å². The van der Waals surface area contributed by atoms with Gasteiger partial charge < -0.3 is 15.4 Å². The summed E-state index contributed by atoms with van der Waals surface area (Å²) < 4.78 is 4.92. The van der Waals surface area contributed by atoms with Gasteiger partial charge in [-0.15, -0.1) is 10.2 Å². The van der Waals surface area contributed by atoms with E-state index in [1.54, 1.807) is 31.4 Å². The summed E-state index contributed by atoms with van der Waals surface area (Å²) in [5, 5.41) is 14.3. The van der Waals surface area contributed by atoms with Crippen LogP contribution >= 0.6 is 11.6 Å². The van der Waals surface area contributed by atoms with Crippen LogP contribution in [0.2, 0.25) is 5.02 Å². The molecule has 0 aliphatic rings. The standard InChI is InChI=1S/C15H17ClN4O2/c1-22-9-8-17-14-7-6-13(19-20-14)15(21)18-10-11-2-4-12(16)5-3-11/h2-7H,8-10H2,1H3,(H,17,20)(H,18,21). The molecule has 0 unspecified atom stereocenters. The number of nitrogens with zero attached hydrogens (tertiary/aromatic N) is 2. The fraction of sp³-hybridized carbons (Fsp3) is 0.267. The van der Waals surface area contributed by atoms with Gasteiger partial charge in [-0.25, -0.2) is 0 Å². The number of benzene rings is 1. The quantitative estimate of drug-likeness (QED) is 0.764. The molecule has 7 heteroatoms. The first-order chi connectivity index (χ1) is 10.7. The number of hydrogen-bond acceptors (Lipinski definition) is 5. The molecule has 0 saturated carbocycles. The summed E-state index contributed by atoms with van der Waals surface area (Å²) in [7, 11) is 1.63. The van der Waals surface area contributed by atoms with Crippen LogP contribution in [0.4, 0.5) is 5.82 Å². The second-order valence-electron chi connectivity index (χ2n) is 4.53. The summed E-state index contributed by atoms with van der Waals surface area (Å²) in [5.74, 6) is 0.331. The van der Waals surface area contributed by atoms with Crippen LogP contribution in [-0.2, 0) is 11.3 Å². The topological polar surface area (TPSA) is 76.1 Å². The van der Waals surface area contributed by atoms with Gasteiger partial charge in [-0.2, -0.15) is 0 Å². The Hall–Kier alpha value is -2.18. The van der Waals surface area contributed by atoms with Gasteiger partial charge in [0.2, 0.25) is 0 Å². The van der Waals surface area contributed by atoms with Crippen molar-refractivity contribution in [2.24, 2.45) is 0 Å². The van der Waals surface area contributed by atoms with Gasteiger partial charge in [0.15, 0.2) is 5.69 Å². The smallest absolute Gasteiger partial charge is 0.272 e. The molecule has 0 atom stereocenters. The van der Waals surface area contributed by atoms with Gasteiger partial charge in [-0.1, -0.05) is 23.7 Å². The first-order valence-corrected chi connectivity index (χ1v) is 7.16. The normalized spacial score (nSPS) is 10.3. The molecule has 1 aromatic carbocycles. The van der Waals surface area contributed by atoms with Gasteiger partial charge in [-0.3, -0.25) is 4.79 Å². The van der Waals surface area contributed by atoms with Crippen LogP contribution in [0.5, 0.6) is 0 Å². The third kappa shape index (κ3) is 4.98. The van der Waals surface area contributed by atoms with Gasteiger partial charge in [0.05, 0.1) is 6.61 Å². The number of rotatable bonds is 7. The zero-order chi connectivity index (χ0) is 15.8. The molecular formula is C15H17ClN4O2. The molecule has 0 fully saturated rings. The van der Waals surface area contributed by atoms with Crippen molar-refractivity contribution in [3.05, 3.63) is 52.7 Å².